The van der Waals surface area contributed by atoms with Crippen LogP contribution >= 0.6 is 0 Å². The molecule has 31 heavy (non-hydrogen) atoms. The number of nitrogens with one attached hydrogen (secondary N) is 1. The number of nitrogens with zero attached hydrogens (tertiary/aromatic N) is 3. The molecule has 2 aliphatic heterocycles. The molecular formula is C21H22F2N4O4. The van der Waals surface area contributed by atoms with Gasteiger partial charge in [0.2, 0.25) is 11.9 Å². The van der Waals surface area contributed by atoms with Crippen molar-refractivity contribution in [3.8, 4) is 17.0 Å². The average molecular weight is 432 g/mol. The van der Waals surface area contributed by atoms with Crippen LogP contribution in [0.5, 0.6) is 5.75 Å². The van der Waals surface area contributed by atoms with Gasteiger partial charge in [0, 0.05) is 43.3 Å². The summed E-state index contributed by atoms with van der Waals surface area (Å²) in [6.45, 7) is 0.879. The summed E-state index contributed by atoms with van der Waals surface area (Å²) in [5.74, 6) is -2.47. The molecule has 1 saturated heterocycles. The van der Waals surface area contributed by atoms with Crippen LogP contribution in [-0.4, -0.2) is 60.5 Å². The lowest BCUT2D eigenvalue weighted by atomic mass is 10.0. The molecule has 2 aromatic rings. The number of halogens is 2. The number of alkyl halides is 2. The second-order valence-electron chi connectivity index (χ2n) is 8.08. The number of β-amino-alcohol motifs (C(OH)–C–C–N with tert-alkyl or cyclic N) is 1. The maximum absolute atomic E-state index is 14.5. The summed E-state index contributed by atoms with van der Waals surface area (Å²) in [5.41, 5.74) is 2.13. The summed E-state index contributed by atoms with van der Waals surface area (Å²) >= 11 is 0. The second kappa shape index (κ2) is 7.38. The zero-order chi connectivity index (χ0) is 21.8. The van der Waals surface area contributed by atoms with Gasteiger partial charge in [-0.15, -0.1) is 0 Å². The molecule has 10 heteroatoms. The molecule has 0 radical (unpaired) electrons. The van der Waals surface area contributed by atoms with Gasteiger partial charge < -0.3 is 24.8 Å². The molecule has 1 unspecified atom stereocenters. The lowest BCUT2D eigenvalue weighted by Crippen LogP contribution is -2.51. The molecule has 5 rings (SSSR count). The van der Waals surface area contributed by atoms with Gasteiger partial charge in [-0.1, -0.05) is 12.1 Å². The van der Waals surface area contributed by atoms with E-state index in [4.69, 9.17) is 9.47 Å². The highest BCUT2D eigenvalue weighted by Crippen LogP contribution is 2.45. The number of ether oxygens (including phenoxy) is 2. The zero-order valence-electron chi connectivity index (χ0n) is 16.9. The summed E-state index contributed by atoms with van der Waals surface area (Å²) < 4.78 is 39.6. The zero-order valence-corrected chi connectivity index (χ0v) is 16.9. The number of carbonyl (C=O) groups excluding carboxylic acids is 1. The molecule has 1 amide bonds. The van der Waals surface area contributed by atoms with Crippen molar-refractivity contribution in [1.29, 1.82) is 0 Å². The van der Waals surface area contributed by atoms with Crippen molar-refractivity contribution in [2.75, 3.05) is 38.3 Å². The maximum Gasteiger partial charge on any atom is 0.290 e. The van der Waals surface area contributed by atoms with E-state index in [1.165, 1.54) is 7.11 Å². The van der Waals surface area contributed by atoms with Crippen LogP contribution < -0.4 is 15.0 Å². The van der Waals surface area contributed by atoms with Crippen LogP contribution in [0.2, 0.25) is 0 Å². The number of methoxy groups -OCH3 is 1. The molecule has 8 nitrogen and oxygen atoms in total. The van der Waals surface area contributed by atoms with Crippen LogP contribution in [0.4, 0.5) is 14.7 Å². The predicted octanol–water partition coefficient (Wildman–Crippen LogP) is 1.56. The third-order valence-corrected chi connectivity index (χ3v) is 5.85. The van der Waals surface area contributed by atoms with Crippen LogP contribution in [0.25, 0.3) is 11.3 Å². The van der Waals surface area contributed by atoms with E-state index in [1.807, 2.05) is 6.07 Å². The standard InChI is InChI=1S/C21H22F2N4O4/c1-30-10-17(29)24-15-9-31-16-6-11(2-3-13(15)16)18-14-4-5-21(22,23)19(14)26-20(25-18)27-7-12(28)8-27/h2-3,6,12,15,28H,4-5,7-10H2,1H3,(H,24,29). The first-order chi connectivity index (χ1) is 14.9. The van der Waals surface area contributed by atoms with E-state index in [2.05, 4.69) is 15.3 Å². The molecule has 0 saturated carbocycles. The first-order valence-corrected chi connectivity index (χ1v) is 10.1. The highest BCUT2D eigenvalue weighted by atomic mass is 19.3. The lowest BCUT2D eigenvalue weighted by molar-refractivity contribution is -0.125. The predicted molar refractivity (Wildman–Crippen MR) is 106 cm³/mol. The molecule has 3 aliphatic rings. The van der Waals surface area contributed by atoms with Crippen molar-refractivity contribution >= 4 is 11.9 Å². The monoisotopic (exact) mass is 432 g/mol. The molecule has 0 bridgehead atoms. The Kier molecular flexibility index (Phi) is 4.78. The molecule has 1 aromatic carbocycles. The van der Waals surface area contributed by atoms with Gasteiger partial charge in [-0.25, -0.2) is 9.97 Å². The van der Waals surface area contributed by atoms with E-state index >= 15 is 0 Å². The van der Waals surface area contributed by atoms with Crippen molar-refractivity contribution in [3.05, 3.63) is 35.0 Å². The number of benzene rings is 1. The van der Waals surface area contributed by atoms with E-state index in [9.17, 15) is 18.7 Å². The van der Waals surface area contributed by atoms with Gasteiger partial charge in [0.15, 0.2) is 0 Å². The molecule has 2 N–H and O–H groups in total. The van der Waals surface area contributed by atoms with Gasteiger partial charge in [0.05, 0.1) is 17.8 Å². The fourth-order valence-electron chi connectivity index (χ4n) is 4.25. The Morgan fingerprint density at radius 3 is 2.94 bits per heavy atom. The van der Waals surface area contributed by atoms with Crippen LogP contribution in [0.3, 0.4) is 0 Å². The van der Waals surface area contributed by atoms with E-state index in [0.717, 1.165) is 5.56 Å². The van der Waals surface area contributed by atoms with E-state index in [-0.39, 0.29) is 49.6 Å². The molecule has 164 valence electrons. The third kappa shape index (κ3) is 3.49. The topological polar surface area (TPSA) is 96.8 Å². The molecule has 1 fully saturated rings. The number of hydrogen-bond acceptors (Lipinski definition) is 7. The fourth-order valence-corrected chi connectivity index (χ4v) is 4.25. The van der Waals surface area contributed by atoms with Gasteiger partial charge in [0.25, 0.3) is 5.92 Å². The minimum atomic E-state index is -3.00. The van der Waals surface area contributed by atoms with Gasteiger partial charge >= 0.3 is 0 Å². The van der Waals surface area contributed by atoms with Crippen molar-refractivity contribution in [2.24, 2.45) is 0 Å². The number of aromatic nitrogens is 2. The lowest BCUT2D eigenvalue weighted by Gasteiger charge is -2.36. The average Bonchev–Trinajstić information content (AvgIpc) is 3.25. The number of hydrogen-bond donors (Lipinski definition) is 2. The van der Waals surface area contributed by atoms with Crippen molar-refractivity contribution in [3.63, 3.8) is 0 Å². The summed E-state index contributed by atoms with van der Waals surface area (Å²) in [6, 6.07) is 5.09. The Morgan fingerprint density at radius 1 is 1.39 bits per heavy atom. The van der Waals surface area contributed by atoms with Crippen LogP contribution in [-0.2, 0) is 21.9 Å². The molecule has 3 heterocycles. The van der Waals surface area contributed by atoms with E-state index in [1.54, 1.807) is 17.0 Å². The van der Waals surface area contributed by atoms with Crippen molar-refractivity contribution in [1.82, 2.24) is 15.3 Å². The third-order valence-electron chi connectivity index (χ3n) is 5.85. The maximum atomic E-state index is 14.5. The number of anilines is 1. The SMILES string of the molecule is COCC(=O)NC1COc2cc(-c3nc(N4CC(O)C4)nc4c3CCC4(F)F)ccc21. The van der Waals surface area contributed by atoms with Gasteiger partial charge in [-0.3, -0.25) is 4.79 Å². The molecule has 0 spiro atoms. The Balaban J connectivity index is 1.50. The van der Waals surface area contributed by atoms with E-state index < -0.39 is 12.0 Å². The Labute approximate surface area is 177 Å². The number of aliphatic hydroxyl groups excluding tert-OH is 1. The van der Waals surface area contributed by atoms with Crippen molar-refractivity contribution in [2.45, 2.75) is 30.9 Å². The minimum Gasteiger partial charge on any atom is -0.491 e. The highest BCUT2D eigenvalue weighted by molar-refractivity contribution is 5.78. The number of amides is 1. The Bertz CT molecular complexity index is 1040. The number of rotatable bonds is 5. The fraction of sp³-hybridized carbons (Fsp3) is 0.476. The summed E-state index contributed by atoms with van der Waals surface area (Å²) in [7, 11) is 1.45. The molecule has 1 aliphatic carbocycles. The smallest absolute Gasteiger partial charge is 0.290 e. The minimum absolute atomic E-state index is 0.0425. The summed E-state index contributed by atoms with van der Waals surface area (Å²) in [5, 5.41) is 12.4. The molecule has 1 aromatic heterocycles. The quantitative estimate of drug-likeness (QED) is 0.740. The largest absolute Gasteiger partial charge is 0.491 e. The van der Waals surface area contributed by atoms with E-state index in [0.29, 0.717) is 35.7 Å². The first-order valence-electron chi connectivity index (χ1n) is 10.1. The van der Waals surface area contributed by atoms with Crippen LogP contribution in [0, 0.1) is 0 Å². The molecular weight excluding hydrogens is 410 g/mol. The van der Waals surface area contributed by atoms with Crippen LogP contribution in [0.1, 0.15) is 29.3 Å². The number of carbonyl (C=O) groups is 1. The normalized spacial score (nSPS) is 21.3. The molecule has 1 atom stereocenters. The van der Waals surface area contributed by atoms with Crippen LogP contribution in [0.15, 0.2) is 18.2 Å². The summed E-state index contributed by atoms with van der Waals surface area (Å²) in [6.07, 6.45) is -0.612. The summed E-state index contributed by atoms with van der Waals surface area (Å²) in [4.78, 5) is 22.3. The van der Waals surface area contributed by atoms with Gasteiger partial charge in [-0.2, -0.15) is 8.78 Å². The van der Waals surface area contributed by atoms with Gasteiger partial charge in [0.1, 0.15) is 24.7 Å². The first kappa shape index (κ1) is 20.1. The van der Waals surface area contributed by atoms with Gasteiger partial charge in [-0.05, 0) is 12.5 Å². The second-order valence-corrected chi connectivity index (χ2v) is 8.08. The number of aliphatic hydroxyl groups is 1. The Morgan fingerprint density at radius 2 is 2.19 bits per heavy atom. The highest BCUT2D eigenvalue weighted by Gasteiger charge is 2.44. The number of fused-ring (bicyclic) bond motifs is 2. The Hall–Kier alpha value is -2.85. The van der Waals surface area contributed by atoms with Crippen molar-refractivity contribution < 1.29 is 28.2 Å².